The highest BCUT2D eigenvalue weighted by Crippen LogP contribution is 2.39. The number of benzene rings is 1. The average Bonchev–Trinajstić information content (AvgIpc) is 2.87. The summed E-state index contributed by atoms with van der Waals surface area (Å²) in [7, 11) is 4.53. The Morgan fingerprint density at radius 1 is 1.16 bits per heavy atom. The molecule has 1 heterocycles. The van der Waals surface area contributed by atoms with Crippen molar-refractivity contribution in [3.8, 4) is 17.2 Å². The molecular weight excluding hydrogens is 326 g/mol. The van der Waals surface area contributed by atoms with Crippen molar-refractivity contribution >= 4 is 23.5 Å². The highest BCUT2D eigenvalue weighted by atomic mass is 16.5. The molecule has 25 heavy (non-hydrogen) atoms. The van der Waals surface area contributed by atoms with Gasteiger partial charge < -0.3 is 18.9 Å². The van der Waals surface area contributed by atoms with E-state index in [1.165, 1.54) is 21.3 Å². The Balaban J connectivity index is 2.41. The number of rotatable bonds is 6. The van der Waals surface area contributed by atoms with Gasteiger partial charge in [0.25, 0.3) is 0 Å². The maximum absolute atomic E-state index is 12.5. The first-order valence-electron chi connectivity index (χ1n) is 7.74. The number of Topliss-reactive ketones (excluding diaryl/α,β-unsaturated/α-hetero) is 1. The lowest BCUT2D eigenvalue weighted by Crippen LogP contribution is -2.28. The maximum Gasteiger partial charge on any atom is 0.322 e. The molecule has 0 saturated heterocycles. The second-order valence-corrected chi connectivity index (χ2v) is 5.29. The molecule has 0 saturated carbocycles. The number of hydrogen-bond donors (Lipinski definition) is 0. The van der Waals surface area contributed by atoms with Crippen molar-refractivity contribution in [3.63, 3.8) is 0 Å². The molecule has 0 bridgehead atoms. The minimum atomic E-state index is -0.978. The van der Waals surface area contributed by atoms with Crippen LogP contribution in [-0.4, -0.2) is 45.4 Å². The van der Waals surface area contributed by atoms with E-state index in [1.807, 2.05) is 0 Å². The standard InChI is InChI=1S/C18H21NO6/c1-6-25-18(21)15-10(2)19-12(16(15)20)7-11-8-13(22-3)17(24-5)14(9-11)23-4/h7-9,15H,6H2,1-5H3/b12-7-. The number of carbonyl (C=O) groups excluding carboxylic acids is 2. The van der Waals surface area contributed by atoms with Crippen LogP contribution in [0, 0.1) is 5.92 Å². The number of ketones is 1. The molecule has 0 aliphatic carbocycles. The molecule has 0 aromatic heterocycles. The zero-order valence-electron chi connectivity index (χ0n) is 14.9. The second-order valence-electron chi connectivity index (χ2n) is 5.29. The average molecular weight is 347 g/mol. The number of methoxy groups -OCH3 is 3. The minimum Gasteiger partial charge on any atom is -0.493 e. The molecule has 1 aliphatic rings. The van der Waals surface area contributed by atoms with Gasteiger partial charge in [-0.2, -0.15) is 0 Å². The van der Waals surface area contributed by atoms with E-state index in [0.717, 1.165) is 0 Å². The Labute approximate surface area is 146 Å². The third kappa shape index (κ3) is 3.65. The van der Waals surface area contributed by atoms with Crippen LogP contribution in [0.1, 0.15) is 19.4 Å². The molecule has 0 fully saturated rings. The van der Waals surface area contributed by atoms with Crippen LogP contribution in [0.3, 0.4) is 0 Å². The van der Waals surface area contributed by atoms with Gasteiger partial charge in [-0.1, -0.05) is 0 Å². The summed E-state index contributed by atoms with van der Waals surface area (Å²) >= 11 is 0. The van der Waals surface area contributed by atoms with Gasteiger partial charge in [0.2, 0.25) is 11.5 Å². The lowest BCUT2D eigenvalue weighted by Gasteiger charge is -2.13. The van der Waals surface area contributed by atoms with E-state index in [9.17, 15) is 9.59 Å². The molecule has 1 unspecified atom stereocenters. The van der Waals surface area contributed by atoms with Crippen molar-refractivity contribution in [2.75, 3.05) is 27.9 Å². The van der Waals surface area contributed by atoms with Crippen molar-refractivity contribution in [2.45, 2.75) is 13.8 Å². The Bertz CT molecular complexity index is 725. The van der Waals surface area contributed by atoms with E-state index in [-0.39, 0.29) is 18.1 Å². The number of esters is 1. The largest absolute Gasteiger partial charge is 0.493 e. The molecule has 7 heteroatoms. The van der Waals surface area contributed by atoms with E-state index < -0.39 is 11.9 Å². The third-order valence-corrected chi connectivity index (χ3v) is 3.74. The van der Waals surface area contributed by atoms with Gasteiger partial charge in [0, 0.05) is 5.71 Å². The SMILES string of the molecule is CCOC(=O)C1C(=O)/C(=C/c2cc(OC)c(OC)c(OC)c2)N=C1C. The van der Waals surface area contributed by atoms with E-state index in [1.54, 1.807) is 32.1 Å². The van der Waals surface area contributed by atoms with Gasteiger partial charge in [0.05, 0.1) is 27.9 Å². The van der Waals surface area contributed by atoms with Gasteiger partial charge in [-0.25, -0.2) is 0 Å². The van der Waals surface area contributed by atoms with Crippen LogP contribution in [0.5, 0.6) is 17.2 Å². The van der Waals surface area contributed by atoms with Gasteiger partial charge in [0.15, 0.2) is 17.4 Å². The summed E-state index contributed by atoms with van der Waals surface area (Å²) in [6, 6.07) is 3.40. The first-order valence-corrected chi connectivity index (χ1v) is 7.74. The zero-order valence-corrected chi connectivity index (χ0v) is 14.9. The van der Waals surface area contributed by atoms with Crippen molar-refractivity contribution in [1.82, 2.24) is 0 Å². The molecule has 1 atom stereocenters. The molecule has 0 N–H and O–H groups in total. The molecule has 1 aromatic rings. The lowest BCUT2D eigenvalue weighted by molar-refractivity contribution is -0.147. The summed E-state index contributed by atoms with van der Waals surface area (Å²) in [6.45, 7) is 3.54. The fourth-order valence-corrected chi connectivity index (χ4v) is 2.60. The lowest BCUT2D eigenvalue weighted by atomic mass is 10.00. The summed E-state index contributed by atoms with van der Waals surface area (Å²) < 4.78 is 20.8. The summed E-state index contributed by atoms with van der Waals surface area (Å²) in [5, 5.41) is 0. The fraction of sp³-hybridized carbons (Fsp3) is 0.389. The van der Waals surface area contributed by atoms with Gasteiger partial charge in [-0.15, -0.1) is 0 Å². The highest BCUT2D eigenvalue weighted by Gasteiger charge is 2.38. The van der Waals surface area contributed by atoms with Crippen LogP contribution in [-0.2, 0) is 14.3 Å². The number of hydrogen-bond acceptors (Lipinski definition) is 7. The summed E-state index contributed by atoms with van der Waals surface area (Å²) in [5.74, 6) is -0.572. The van der Waals surface area contributed by atoms with E-state index >= 15 is 0 Å². The quantitative estimate of drug-likeness (QED) is 0.446. The summed E-state index contributed by atoms with van der Waals surface area (Å²) in [4.78, 5) is 28.7. The van der Waals surface area contributed by atoms with Crippen molar-refractivity contribution in [2.24, 2.45) is 10.9 Å². The molecular formula is C18H21NO6. The van der Waals surface area contributed by atoms with E-state index in [0.29, 0.717) is 28.5 Å². The second kappa shape index (κ2) is 7.83. The maximum atomic E-state index is 12.5. The predicted octanol–water partition coefficient (Wildman–Crippen LogP) is 2.28. The first-order chi connectivity index (χ1) is 12.0. The van der Waals surface area contributed by atoms with Crippen molar-refractivity contribution < 1.29 is 28.5 Å². The van der Waals surface area contributed by atoms with Crippen LogP contribution in [0.4, 0.5) is 0 Å². The smallest absolute Gasteiger partial charge is 0.322 e. The van der Waals surface area contributed by atoms with Crippen LogP contribution in [0.15, 0.2) is 22.8 Å². The van der Waals surface area contributed by atoms with Crippen LogP contribution in [0.2, 0.25) is 0 Å². The fourth-order valence-electron chi connectivity index (χ4n) is 2.60. The van der Waals surface area contributed by atoms with E-state index in [2.05, 4.69) is 4.99 Å². The minimum absolute atomic E-state index is 0.185. The number of nitrogens with zero attached hydrogens (tertiary/aromatic N) is 1. The molecule has 0 spiro atoms. The normalized spacial score (nSPS) is 18.1. The molecule has 2 rings (SSSR count). The Kier molecular flexibility index (Phi) is 5.80. The summed E-state index contributed by atoms with van der Waals surface area (Å²) in [6.07, 6.45) is 1.58. The molecule has 134 valence electrons. The number of ether oxygens (including phenoxy) is 4. The van der Waals surface area contributed by atoms with Crippen LogP contribution < -0.4 is 14.2 Å². The molecule has 1 aliphatic heterocycles. The van der Waals surface area contributed by atoms with E-state index in [4.69, 9.17) is 18.9 Å². The topological polar surface area (TPSA) is 83.4 Å². The molecule has 1 aromatic carbocycles. The predicted molar refractivity (Wildman–Crippen MR) is 92.3 cm³/mol. The number of carbonyl (C=O) groups is 2. The number of aliphatic imine (C=N–C) groups is 1. The van der Waals surface area contributed by atoms with Gasteiger partial charge in [0.1, 0.15) is 5.70 Å². The Morgan fingerprint density at radius 3 is 2.24 bits per heavy atom. The van der Waals surface area contributed by atoms with Crippen molar-refractivity contribution in [1.29, 1.82) is 0 Å². The Hall–Kier alpha value is -2.83. The van der Waals surface area contributed by atoms with Gasteiger partial charge >= 0.3 is 5.97 Å². The molecule has 7 nitrogen and oxygen atoms in total. The first kappa shape index (κ1) is 18.5. The highest BCUT2D eigenvalue weighted by molar-refractivity contribution is 6.28. The Morgan fingerprint density at radius 2 is 1.76 bits per heavy atom. The molecule has 0 amide bonds. The van der Waals surface area contributed by atoms with Crippen LogP contribution in [0.25, 0.3) is 6.08 Å². The molecule has 0 radical (unpaired) electrons. The van der Waals surface area contributed by atoms with Crippen molar-refractivity contribution in [3.05, 3.63) is 23.4 Å². The summed E-state index contributed by atoms with van der Waals surface area (Å²) in [5.41, 5.74) is 1.24. The monoisotopic (exact) mass is 347 g/mol. The van der Waals surface area contributed by atoms with Gasteiger partial charge in [-0.3, -0.25) is 14.6 Å². The van der Waals surface area contributed by atoms with Crippen LogP contribution >= 0.6 is 0 Å². The number of allylic oxidation sites excluding steroid dienone is 1. The zero-order chi connectivity index (χ0) is 18.6. The van der Waals surface area contributed by atoms with Gasteiger partial charge in [-0.05, 0) is 37.6 Å². The third-order valence-electron chi connectivity index (χ3n) is 3.74.